The zero-order valence-electron chi connectivity index (χ0n) is 10.5. The molecule has 1 atom stereocenters. The molecule has 1 unspecified atom stereocenters. The van der Waals surface area contributed by atoms with Gasteiger partial charge in [0.25, 0.3) is 0 Å². The Hall–Kier alpha value is -1.60. The molecule has 0 amide bonds. The summed E-state index contributed by atoms with van der Waals surface area (Å²) in [4.78, 5) is 21.8. The second-order valence-electron chi connectivity index (χ2n) is 3.76. The van der Waals surface area contributed by atoms with Gasteiger partial charge < -0.3 is 20.3 Å². The SMILES string of the molecule is COc1c(C=O)cc(Br)c(CC(N)C(=O)O)c1OC. The van der Waals surface area contributed by atoms with E-state index in [2.05, 4.69) is 15.9 Å². The lowest BCUT2D eigenvalue weighted by Gasteiger charge is -2.17. The molecule has 0 radical (unpaired) electrons. The highest BCUT2D eigenvalue weighted by Crippen LogP contribution is 2.39. The maximum Gasteiger partial charge on any atom is 0.320 e. The van der Waals surface area contributed by atoms with Gasteiger partial charge in [-0.25, -0.2) is 0 Å². The number of carbonyl (C=O) groups excluding carboxylic acids is 1. The van der Waals surface area contributed by atoms with Crippen LogP contribution in [0.3, 0.4) is 0 Å². The monoisotopic (exact) mass is 331 g/mol. The van der Waals surface area contributed by atoms with Crippen LogP contribution in [-0.2, 0) is 11.2 Å². The number of aldehydes is 1. The summed E-state index contributed by atoms with van der Waals surface area (Å²) >= 11 is 3.28. The first-order valence-corrected chi connectivity index (χ1v) is 6.12. The Morgan fingerprint density at radius 3 is 2.47 bits per heavy atom. The van der Waals surface area contributed by atoms with Gasteiger partial charge >= 0.3 is 5.97 Å². The average molecular weight is 332 g/mol. The fraction of sp³-hybridized carbons (Fsp3) is 0.333. The van der Waals surface area contributed by atoms with Gasteiger partial charge in [0, 0.05) is 16.5 Å². The fourth-order valence-electron chi connectivity index (χ4n) is 1.68. The van der Waals surface area contributed by atoms with Crippen LogP contribution in [0.5, 0.6) is 11.5 Å². The van der Waals surface area contributed by atoms with Gasteiger partial charge in [0.1, 0.15) is 6.04 Å². The van der Waals surface area contributed by atoms with E-state index in [1.807, 2.05) is 0 Å². The zero-order chi connectivity index (χ0) is 14.6. The molecule has 3 N–H and O–H groups in total. The van der Waals surface area contributed by atoms with E-state index in [1.165, 1.54) is 20.3 Å². The van der Waals surface area contributed by atoms with Crippen molar-refractivity contribution < 1.29 is 24.2 Å². The minimum absolute atomic E-state index is 0.0502. The molecule has 19 heavy (non-hydrogen) atoms. The predicted molar refractivity (Wildman–Crippen MR) is 71.9 cm³/mol. The molecular formula is C12H14BrNO5. The highest BCUT2D eigenvalue weighted by molar-refractivity contribution is 9.10. The molecule has 0 aliphatic heterocycles. The van der Waals surface area contributed by atoms with Crippen LogP contribution >= 0.6 is 15.9 Å². The number of methoxy groups -OCH3 is 2. The zero-order valence-corrected chi connectivity index (χ0v) is 12.1. The van der Waals surface area contributed by atoms with Crippen molar-refractivity contribution in [2.24, 2.45) is 5.73 Å². The molecule has 1 aromatic carbocycles. The molecule has 0 fully saturated rings. The number of carboxylic acid groups (broad SMARTS) is 1. The minimum atomic E-state index is -1.12. The average Bonchev–Trinajstić information content (AvgIpc) is 2.39. The van der Waals surface area contributed by atoms with Crippen molar-refractivity contribution in [3.8, 4) is 11.5 Å². The second kappa shape index (κ2) is 6.53. The highest BCUT2D eigenvalue weighted by Gasteiger charge is 2.22. The van der Waals surface area contributed by atoms with Gasteiger partial charge in [-0.2, -0.15) is 0 Å². The summed E-state index contributed by atoms with van der Waals surface area (Å²) in [5, 5.41) is 8.86. The molecule has 0 aliphatic rings. The van der Waals surface area contributed by atoms with E-state index in [0.717, 1.165) is 0 Å². The molecule has 0 spiro atoms. The number of nitrogens with two attached hydrogens (primary N) is 1. The molecule has 0 saturated heterocycles. The van der Waals surface area contributed by atoms with Crippen LogP contribution in [0.25, 0.3) is 0 Å². The van der Waals surface area contributed by atoms with Crippen molar-refractivity contribution in [3.63, 3.8) is 0 Å². The lowest BCUT2D eigenvalue weighted by atomic mass is 10.0. The normalized spacial score (nSPS) is 11.8. The van der Waals surface area contributed by atoms with Crippen LogP contribution in [0.15, 0.2) is 10.5 Å². The number of carboxylic acids is 1. The Balaban J connectivity index is 3.38. The molecule has 0 aliphatic carbocycles. The topological polar surface area (TPSA) is 98.9 Å². The van der Waals surface area contributed by atoms with Gasteiger partial charge in [0.05, 0.1) is 19.8 Å². The summed E-state index contributed by atoms with van der Waals surface area (Å²) < 4.78 is 10.9. The molecule has 0 bridgehead atoms. The summed E-state index contributed by atoms with van der Waals surface area (Å²) in [7, 11) is 2.81. The Kier molecular flexibility index (Phi) is 5.31. The van der Waals surface area contributed by atoms with Crippen molar-refractivity contribution in [1.82, 2.24) is 0 Å². The third kappa shape index (κ3) is 3.24. The lowest BCUT2D eigenvalue weighted by molar-refractivity contribution is -0.138. The van der Waals surface area contributed by atoms with Crippen molar-refractivity contribution in [3.05, 3.63) is 21.7 Å². The summed E-state index contributed by atoms with van der Waals surface area (Å²) in [6.07, 6.45) is 0.682. The van der Waals surface area contributed by atoms with Crippen molar-refractivity contribution in [1.29, 1.82) is 0 Å². The molecular weight excluding hydrogens is 318 g/mol. The van der Waals surface area contributed by atoms with Crippen molar-refractivity contribution in [2.45, 2.75) is 12.5 Å². The van der Waals surface area contributed by atoms with Gasteiger partial charge in [-0.05, 0) is 6.07 Å². The van der Waals surface area contributed by atoms with E-state index in [4.69, 9.17) is 20.3 Å². The largest absolute Gasteiger partial charge is 0.493 e. The first-order valence-electron chi connectivity index (χ1n) is 5.33. The van der Waals surface area contributed by atoms with E-state index in [0.29, 0.717) is 27.6 Å². The third-order valence-corrected chi connectivity index (χ3v) is 3.30. The summed E-state index contributed by atoms with van der Waals surface area (Å²) in [5.41, 5.74) is 6.36. The molecule has 0 heterocycles. The number of carbonyl (C=O) groups is 2. The molecule has 0 aromatic heterocycles. The first-order chi connectivity index (χ1) is 8.96. The van der Waals surface area contributed by atoms with Gasteiger partial charge in [0.15, 0.2) is 17.8 Å². The van der Waals surface area contributed by atoms with Crippen LogP contribution in [-0.4, -0.2) is 37.6 Å². The highest BCUT2D eigenvalue weighted by atomic mass is 79.9. The van der Waals surface area contributed by atoms with Gasteiger partial charge in [-0.1, -0.05) is 15.9 Å². The van der Waals surface area contributed by atoms with Crippen LogP contribution in [0, 0.1) is 0 Å². The number of ether oxygens (including phenoxy) is 2. The maximum atomic E-state index is 11.0. The summed E-state index contributed by atoms with van der Waals surface area (Å²) in [6, 6.07) is 0.468. The van der Waals surface area contributed by atoms with E-state index in [-0.39, 0.29) is 12.2 Å². The van der Waals surface area contributed by atoms with Gasteiger partial charge in [-0.15, -0.1) is 0 Å². The van der Waals surface area contributed by atoms with Crippen LogP contribution in [0.1, 0.15) is 15.9 Å². The smallest absolute Gasteiger partial charge is 0.320 e. The maximum absolute atomic E-state index is 11.0. The molecule has 104 valence electrons. The van der Waals surface area contributed by atoms with Crippen LogP contribution in [0.4, 0.5) is 0 Å². The second-order valence-corrected chi connectivity index (χ2v) is 4.61. The van der Waals surface area contributed by atoms with E-state index < -0.39 is 12.0 Å². The first kappa shape index (κ1) is 15.5. The quantitative estimate of drug-likeness (QED) is 0.761. The Labute approximate surface area is 118 Å². The molecule has 1 aromatic rings. The third-order valence-electron chi connectivity index (χ3n) is 2.59. The Morgan fingerprint density at radius 1 is 1.47 bits per heavy atom. The minimum Gasteiger partial charge on any atom is -0.493 e. The van der Waals surface area contributed by atoms with Crippen LogP contribution < -0.4 is 15.2 Å². The van der Waals surface area contributed by atoms with Crippen molar-refractivity contribution >= 4 is 28.2 Å². The molecule has 1 rings (SSSR count). The fourth-order valence-corrected chi connectivity index (χ4v) is 2.27. The molecule has 6 nitrogen and oxygen atoms in total. The number of aliphatic carboxylic acids is 1. The van der Waals surface area contributed by atoms with Crippen molar-refractivity contribution in [2.75, 3.05) is 14.2 Å². The number of hydrogen-bond acceptors (Lipinski definition) is 5. The Morgan fingerprint density at radius 2 is 2.05 bits per heavy atom. The van der Waals surface area contributed by atoms with E-state index >= 15 is 0 Å². The van der Waals surface area contributed by atoms with E-state index in [9.17, 15) is 9.59 Å². The standard InChI is InChI=1S/C12H14BrNO5/c1-18-10-6(5-15)3-8(13)7(11(10)19-2)4-9(14)12(16)17/h3,5,9H,4,14H2,1-2H3,(H,16,17). The number of halogens is 1. The number of rotatable bonds is 6. The summed E-state index contributed by atoms with van der Waals surface area (Å²) in [5.74, 6) is -0.559. The van der Waals surface area contributed by atoms with Crippen LogP contribution in [0.2, 0.25) is 0 Å². The van der Waals surface area contributed by atoms with Gasteiger partial charge in [0.2, 0.25) is 0 Å². The summed E-state index contributed by atoms with van der Waals surface area (Å²) in [6.45, 7) is 0. The van der Waals surface area contributed by atoms with E-state index in [1.54, 1.807) is 0 Å². The molecule has 7 heteroatoms. The van der Waals surface area contributed by atoms with Gasteiger partial charge in [-0.3, -0.25) is 9.59 Å². The number of hydrogen-bond donors (Lipinski definition) is 2. The predicted octanol–water partition coefficient (Wildman–Crippen LogP) is 1.23. The number of benzene rings is 1. The Bertz CT molecular complexity index is 503. The lowest BCUT2D eigenvalue weighted by Crippen LogP contribution is -2.32. The molecule has 0 saturated carbocycles.